The Balaban J connectivity index is 2.12. The minimum Gasteiger partial charge on any atom is -0.481 e. The van der Waals surface area contributed by atoms with E-state index >= 15 is 0 Å². The zero-order chi connectivity index (χ0) is 19.0. The number of aldehydes is 1. The quantitative estimate of drug-likeness (QED) is 0.359. The van der Waals surface area contributed by atoms with E-state index in [0.29, 0.717) is 17.4 Å². The lowest BCUT2D eigenvalue weighted by atomic mass is 9.67. The van der Waals surface area contributed by atoms with E-state index in [9.17, 15) is 29.1 Å². The van der Waals surface area contributed by atoms with Crippen molar-refractivity contribution in [2.45, 2.75) is 31.6 Å². The highest BCUT2D eigenvalue weighted by molar-refractivity contribution is 6.00. The first-order valence-electron chi connectivity index (χ1n) is 8.07. The molecule has 1 heterocycles. The van der Waals surface area contributed by atoms with Crippen LogP contribution < -0.4 is 4.74 Å². The maximum Gasteiger partial charge on any atom is 0.321 e. The highest BCUT2D eigenvalue weighted by Crippen LogP contribution is 2.50. The van der Waals surface area contributed by atoms with Gasteiger partial charge in [-0.2, -0.15) is 0 Å². The molecule has 1 aromatic rings. The molecule has 26 heavy (non-hydrogen) atoms. The van der Waals surface area contributed by atoms with Gasteiger partial charge in [0.1, 0.15) is 12.0 Å². The molecule has 1 fully saturated rings. The van der Waals surface area contributed by atoms with Gasteiger partial charge in [-0.25, -0.2) is 0 Å². The molecule has 0 spiro atoms. The van der Waals surface area contributed by atoms with Gasteiger partial charge in [0.25, 0.3) is 0 Å². The van der Waals surface area contributed by atoms with Crippen LogP contribution in [-0.2, 0) is 28.7 Å². The van der Waals surface area contributed by atoms with Gasteiger partial charge in [-0.1, -0.05) is 6.07 Å². The molecular weight excluding hydrogens is 344 g/mol. The Kier molecular flexibility index (Phi) is 4.58. The normalized spacial score (nSPS) is 24.9. The molecule has 1 aliphatic heterocycles. The molecule has 1 aromatic carbocycles. The van der Waals surface area contributed by atoms with Crippen LogP contribution in [0.4, 0.5) is 0 Å². The third-order valence-electron chi connectivity index (χ3n) is 4.88. The first-order chi connectivity index (χ1) is 12.3. The average molecular weight is 360 g/mol. The van der Waals surface area contributed by atoms with Crippen molar-refractivity contribution in [1.29, 1.82) is 0 Å². The van der Waals surface area contributed by atoms with Gasteiger partial charge < -0.3 is 19.4 Å². The minimum absolute atomic E-state index is 0.0972. The Morgan fingerprint density at radius 2 is 2.04 bits per heavy atom. The van der Waals surface area contributed by atoms with Crippen LogP contribution in [0, 0.1) is 11.8 Å². The molecule has 8 heteroatoms. The highest BCUT2D eigenvalue weighted by Gasteiger charge is 2.52. The third-order valence-corrected chi connectivity index (χ3v) is 4.88. The number of carboxylic acids is 1. The lowest BCUT2D eigenvalue weighted by Gasteiger charge is -2.34. The largest absolute Gasteiger partial charge is 0.481 e. The summed E-state index contributed by atoms with van der Waals surface area (Å²) in [4.78, 5) is 57.9. The van der Waals surface area contributed by atoms with E-state index in [1.165, 1.54) is 19.1 Å². The van der Waals surface area contributed by atoms with Crippen molar-refractivity contribution in [2.75, 3.05) is 0 Å². The summed E-state index contributed by atoms with van der Waals surface area (Å²) in [6, 6.07) is 4.53. The summed E-state index contributed by atoms with van der Waals surface area (Å²) in [5.74, 6) is -6.29. The third kappa shape index (κ3) is 2.98. The Bertz CT molecular complexity index is 811. The van der Waals surface area contributed by atoms with Crippen LogP contribution in [0.2, 0.25) is 0 Å². The van der Waals surface area contributed by atoms with E-state index in [4.69, 9.17) is 9.47 Å². The van der Waals surface area contributed by atoms with Gasteiger partial charge in [-0.3, -0.25) is 19.2 Å². The minimum atomic E-state index is -1.16. The number of hydrogen-bond acceptors (Lipinski definition) is 7. The predicted molar refractivity (Wildman–Crippen MR) is 84.2 cm³/mol. The van der Waals surface area contributed by atoms with E-state index in [2.05, 4.69) is 0 Å². The average Bonchev–Trinajstić information content (AvgIpc) is 2.85. The van der Waals surface area contributed by atoms with Gasteiger partial charge in [-0.15, -0.1) is 0 Å². The van der Waals surface area contributed by atoms with Crippen LogP contribution in [0.1, 0.15) is 42.7 Å². The zero-order valence-corrected chi connectivity index (χ0v) is 13.8. The maximum absolute atomic E-state index is 12.1. The first kappa shape index (κ1) is 17.8. The molecular formula is C18H16O8. The van der Waals surface area contributed by atoms with Gasteiger partial charge in [-0.05, 0) is 35.6 Å². The molecule has 0 aromatic heterocycles. The van der Waals surface area contributed by atoms with Gasteiger partial charge in [0.15, 0.2) is 0 Å². The number of esters is 3. The summed E-state index contributed by atoms with van der Waals surface area (Å²) < 4.78 is 9.77. The van der Waals surface area contributed by atoms with Crippen molar-refractivity contribution in [3.63, 3.8) is 0 Å². The SMILES string of the molecule is CC(=O)Oc1ccc2c(c1)C1C(=O)OC(=O)C1CC2C(CC=O)C(=O)O. The van der Waals surface area contributed by atoms with Crippen LogP contribution in [0.3, 0.4) is 0 Å². The fourth-order valence-corrected chi connectivity index (χ4v) is 3.83. The molecule has 136 valence electrons. The van der Waals surface area contributed by atoms with Gasteiger partial charge in [0.2, 0.25) is 0 Å². The highest BCUT2D eigenvalue weighted by atomic mass is 16.6. The smallest absolute Gasteiger partial charge is 0.321 e. The molecule has 1 N–H and O–H groups in total. The summed E-state index contributed by atoms with van der Waals surface area (Å²) in [7, 11) is 0. The molecule has 0 bridgehead atoms. The number of ether oxygens (including phenoxy) is 2. The number of benzene rings is 1. The second-order valence-corrected chi connectivity index (χ2v) is 6.40. The second kappa shape index (κ2) is 6.70. The van der Waals surface area contributed by atoms with Gasteiger partial charge >= 0.3 is 23.9 Å². The zero-order valence-electron chi connectivity index (χ0n) is 13.8. The maximum atomic E-state index is 12.1. The van der Waals surface area contributed by atoms with Crippen molar-refractivity contribution in [3.8, 4) is 5.75 Å². The van der Waals surface area contributed by atoms with Gasteiger partial charge in [0, 0.05) is 13.3 Å². The number of carbonyl (C=O) groups is 5. The number of rotatable bonds is 5. The molecule has 8 nitrogen and oxygen atoms in total. The lowest BCUT2D eigenvalue weighted by Crippen LogP contribution is -2.32. The summed E-state index contributed by atoms with van der Waals surface area (Å²) in [5.41, 5.74) is 0.945. The topological polar surface area (TPSA) is 124 Å². The second-order valence-electron chi connectivity index (χ2n) is 6.40. The summed E-state index contributed by atoms with van der Waals surface area (Å²) in [6.45, 7) is 1.23. The van der Waals surface area contributed by atoms with E-state index in [-0.39, 0.29) is 18.6 Å². The molecule has 0 radical (unpaired) electrons. The summed E-state index contributed by atoms with van der Waals surface area (Å²) in [6.07, 6.45) is 0.404. The molecule has 1 saturated heterocycles. The van der Waals surface area contributed by atoms with Crippen LogP contribution in [0.15, 0.2) is 18.2 Å². The van der Waals surface area contributed by atoms with Crippen LogP contribution in [-0.4, -0.2) is 35.3 Å². The number of aliphatic carboxylic acids is 1. The standard InChI is InChI=1S/C18H16O8/c1-8(20)25-9-2-3-10-12(11(4-5-19)16(21)22)7-14-15(13(10)6-9)18(24)26-17(14)23/h2-3,5-6,11-12,14-15H,4,7H2,1H3,(H,21,22). The molecule has 2 aliphatic rings. The van der Waals surface area contributed by atoms with Crippen molar-refractivity contribution in [3.05, 3.63) is 29.3 Å². The molecule has 0 amide bonds. The fraction of sp³-hybridized carbons (Fsp3) is 0.389. The van der Waals surface area contributed by atoms with Crippen molar-refractivity contribution in [1.82, 2.24) is 0 Å². The van der Waals surface area contributed by atoms with E-state index in [0.717, 1.165) is 0 Å². The van der Waals surface area contributed by atoms with Crippen LogP contribution >= 0.6 is 0 Å². The molecule has 3 rings (SSSR count). The number of carbonyl (C=O) groups excluding carboxylic acids is 4. The Labute approximate surface area is 148 Å². The van der Waals surface area contributed by atoms with E-state index in [1.54, 1.807) is 6.07 Å². The predicted octanol–water partition coefficient (Wildman–Crippen LogP) is 1.17. The van der Waals surface area contributed by atoms with Crippen molar-refractivity contribution < 1.29 is 38.6 Å². The van der Waals surface area contributed by atoms with E-state index < -0.39 is 47.5 Å². The number of hydrogen-bond donors (Lipinski definition) is 1. The molecule has 0 saturated carbocycles. The van der Waals surface area contributed by atoms with E-state index in [1.807, 2.05) is 0 Å². The summed E-state index contributed by atoms with van der Waals surface area (Å²) >= 11 is 0. The fourth-order valence-electron chi connectivity index (χ4n) is 3.83. The molecule has 4 atom stereocenters. The molecule has 4 unspecified atom stereocenters. The number of cyclic esters (lactones) is 2. The Morgan fingerprint density at radius 1 is 1.31 bits per heavy atom. The summed E-state index contributed by atoms with van der Waals surface area (Å²) in [5, 5.41) is 9.50. The monoisotopic (exact) mass is 360 g/mol. The number of carboxylic acid groups (broad SMARTS) is 1. The molecule has 1 aliphatic carbocycles. The van der Waals surface area contributed by atoms with Crippen molar-refractivity contribution in [2.24, 2.45) is 11.8 Å². The van der Waals surface area contributed by atoms with Crippen LogP contribution in [0.25, 0.3) is 0 Å². The first-order valence-corrected chi connectivity index (χ1v) is 8.07. The van der Waals surface area contributed by atoms with Crippen molar-refractivity contribution >= 4 is 30.2 Å². The Hall–Kier alpha value is -3.03. The lowest BCUT2D eigenvalue weighted by molar-refractivity contribution is -0.153. The number of fused-ring (bicyclic) bond motifs is 3. The van der Waals surface area contributed by atoms with Gasteiger partial charge in [0.05, 0.1) is 17.8 Å². The van der Waals surface area contributed by atoms with Crippen LogP contribution in [0.5, 0.6) is 5.75 Å². The Morgan fingerprint density at radius 3 is 2.65 bits per heavy atom.